The van der Waals surface area contributed by atoms with Gasteiger partial charge in [-0.2, -0.15) is 0 Å². The third-order valence-electron chi connectivity index (χ3n) is 2.88. The van der Waals surface area contributed by atoms with Crippen LogP contribution in [0.25, 0.3) is 22.2 Å². The smallest absolute Gasteiger partial charge is 0.174 e. The van der Waals surface area contributed by atoms with E-state index in [1.807, 2.05) is 42.5 Å². The lowest BCUT2D eigenvalue weighted by Crippen LogP contribution is -1.95. The molecule has 0 aliphatic heterocycles. The summed E-state index contributed by atoms with van der Waals surface area (Å²) in [5.41, 5.74) is 8.49. The van der Waals surface area contributed by atoms with Gasteiger partial charge in [0.25, 0.3) is 0 Å². The van der Waals surface area contributed by atoms with Crippen LogP contribution in [0.15, 0.2) is 47.0 Å². The zero-order valence-electron chi connectivity index (χ0n) is 9.56. The average Bonchev–Trinajstić information content (AvgIpc) is 2.82. The molecule has 90 valence electrons. The molecular weight excluding hydrogens is 248 g/mol. The van der Waals surface area contributed by atoms with Crippen molar-refractivity contribution in [3.05, 3.63) is 53.1 Å². The lowest BCUT2D eigenvalue weighted by Gasteiger charge is -1.99. The summed E-state index contributed by atoms with van der Waals surface area (Å²) < 4.78 is 5.41. The number of nitrogens with two attached hydrogens (primary N) is 1. The molecule has 0 spiro atoms. The molecule has 2 N–H and O–H groups in total. The molecule has 0 aliphatic carbocycles. The summed E-state index contributed by atoms with van der Waals surface area (Å²) in [7, 11) is 0. The predicted molar refractivity (Wildman–Crippen MR) is 72.3 cm³/mol. The van der Waals surface area contributed by atoms with E-state index in [1.54, 1.807) is 0 Å². The van der Waals surface area contributed by atoms with Gasteiger partial charge in [-0.15, -0.1) is 0 Å². The zero-order chi connectivity index (χ0) is 12.5. The second kappa shape index (κ2) is 4.44. The van der Waals surface area contributed by atoms with Gasteiger partial charge in [-0.3, -0.25) is 0 Å². The summed E-state index contributed by atoms with van der Waals surface area (Å²) in [4.78, 5) is 0. The van der Waals surface area contributed by atoms with Gasteiger partial charge in [0.15, 0.2) is 5.76 Å². The first-order valence-electron chi connectivity index (χ1n) is 5.62. The Morgan fingerprint density at radius 3 is 2.61 bits per heavy atom. The number of hydrogen-bond donors (Lipinski definition) is 1. The largest absolute Gasteiger partial charge is 0.355 e. The van der Waals surface area contributed by atoms with Gasteiger partial charge in [0.1, 0.15) is 5.52 Å². The van der Waals surface area contributed by atoms with Crippen LogP contribution >= 0.6 is 11.6 Å². The van der Waals surface area contributed by atoms with Crippen LogP contribution in [-0.4, -0.2) is 5.16 Å². The fraction of sp³-hybridized carbons (Fsp3) is 0.0714. The maximum Gasteiger partial charge on any atom is 0.174 e. The molecule has 18 heavy (non-hydrogen) atoms. The lowest BCUT2D eigenvalue weighted by atomic mass is 10.1. The highest BCUT2D eigenvalue weighted by Crippen LogP contribution is 2.30. The fourth-order valence-electron chi connectivity index (χ4n) is 1.93. The van der Waals surface area contributed by atoms with Crippen LogP contribution in [0.2, 0.25) is 5.02 Å². The number of nitrogens with zero attached hydrogens (tertiary/aromatic N) is 1. The van der Waals surface area contributed by atoms with Gasteiger partial charge in [-0.25, -0.2) is 0 Å². The fourth-order valence-corrected chi connectivity index (χ4v) is 2.05. The summed E-state index contributed by atoms with van der Waals surface area (Å²) in [6.45, 7) is 0.501. The summed E-state index contributed by atoms with van der Waals surface area (Å²) in [6, 6.07) is 13.4. The topological polar surface area (TPSA) is 52.0 Å². The molecule has 4 heteroatoms. The summed E-state index contributed by atoms with van der Waals surface area (Å²) in [5.74, 6) is 0.747. The van der Waals surface area contributed by atoms with Crippen LogP contribution in [-0.2, 0) is 6.54 Å². The third kappa shape index (κ3) is 1.88. The van der Waals surface area contributed by atoms with E-state index < -0.39 is 0 Å². The summed E-state index contributed by atoms with van der Waals surface area (Å²) in [5, 5.41) is 5.72. The highest BCUT2D eigenvalue weighted by molar-refractivity contribution is 6.30. The van der Waals surface area contributed by atoms with Crippen molar-refractivity contribution in [2.75, 3.05) is 0 Å². The molecule has 0 unspecified atom stereocenters. The molecule has 1 aromatic heterocycles. The van der Waals surface area contributed by atoms with E-state index in [0.29, 0.717) is 11.6 Å². The van der Waals surface area contributed by atoms with Gasteiger partial charge >= 0.3 is 0 Å². The Morgan fingerprint density at radius 1 is 1.11 bits per heavy atom. The monoisotopic (exact) mass is 258 g/mol. The van der Waals surface area contributed by atoms with Crippen LogP contribution in [0.5, 0.6) is 0 Å². The standard InChI is InChI=1S/C14H11ClN2O/c15-11-4-2-10(3-5-11)14-12-7-9(8-16)1-6-13(12)17-18-14/h1-7H,8,16H2. The van der Waals surface area contributed by atoms with Gasteiger partial charge in [0, 0.05) is 17.1 Å². The van der Waals surface area contributed by atoms with Crippen LogP contribution in [0.1, 0.15) is 5.56 Å². The maximum absolute atomic E-state index is 5.88. The van der Waals surface area contributed by atoms with Crippen molar-refractivity contribution in [3.63, 3.8) is 0 Å². The normalized spacial score (nSPS) is 11.0. The first-order valence-corrected chi connectivity index (χ1v) is 6.00. The molecule has 0 atom stereocenters. The van der Waals surface area contributed by atoms with E-state index in [4.69, 9.17) is 21.9 Å². The number of benzene rings is 2. The predicted octanol–water partition coefficient (Wildman–Crippen LogP) is 3.61. The van der Waals surface area contributed by atoms with Gasteiger partial charge in [-0.05, 0) is 42.0 Å². The van der Waals surface area contributed by atoms with E-state index in [1.165, 1.54) is 0 Å². The Labute approximate surface area is 109 Å². The van der Waals surface area contributed by atoms with Crippen LogP contribution in [0.4, 0.5) is 0 Å². The number of halogens is 1. The molecule has 0 fully saturated rings. The van der Waals surface area contributed by atoms with E-state index in [2.05, 4.69) is 5.16 Å². The lowest BCUT2D eigenvalue weighted by molar-refractivity contribution is 0.441. The van der Waals surface area contributed by atoms with Crippen molar-refractivity contribution in [2.24, 2.45) is 5.73 Å². The first kappa shape index (κ1) is 11.3. The van der Waals surface area contributed by atoms with Crippen LogP contribution < -0.4 is 5.73 Å². The molecule has 3 nitrogen and oxygen atoms in total. The Balaban J connectivity index is 2.19. The molecule has 0 aliphatic rings. The molecule has 2 aromatic carbocycles. The molecule has 3 aromatic rings. The van der Waals surface area contributed by atoms with Gasteiger partial charge < -0.3 is 10.3 Å². The first-order chi connectivity index (χ1) is 8.78. The van der Waals surface area contributed by atoms with E-state index in [9.17, 15) is 0 Å². The number of fused-ring (bicyclic) bond motifs is 1. The molecule has 0 bridgehead atoms. The quantitative estimate of drug-likeness (QED) is 0.764. The summed E-state index contributed by atoms with van der Waals surface area (Å²) in [6.07, 6.45) is 0. The van der Waals surface area contributed by atoms with Gasteiger partial charge in [0.05, 0.1) is 5.39 Å². The highest BCUT2D eigenvalue weighted by atomic mass is 35.5. The van der Waals surface area contributed by atoms with Crippen LogP contribution in [0.3, 0.4) is 0 Å². The highest BCUT2D eigenvalue weighted by Gasteiger charge is 2.10. The Morgan fingerprint density at radius 2 is 1.89 bits per heavy atom. The molecule has 0 saturated carbocycles. The zero-order valence-corrected chi connectivity index (χ0v) is 10.3. The molecule has 0 radical (unpaired) electrons. The second-order valence-corrected chi connectivity index (χ2v) is 4.51. The minimum atomic E-state index is 0.501. The van der Waals surface area contributed by atoms with Crippen molar-refractivity contribution in [1.82, 2.24) is 5.16 Å². The van der Waals surface area contributed by atoms with Crippen molar-refractivity contribution >= 4 is 22.5 Å². The maximum atomic E-state index is 5.88. The van der Waals surface area contributed by atoms with Crippen molar-refractivity contribution in [3.8, 4) is 11.3 Å². The number of aromatic nitrogens is 1. The molecular formula is C14H11ClN2O. The molecule has 1 heterocycles. The molecule has 3 rings (SSSR count). The van der Waals surface area contributed by atoms with Gasteiger partial charge in [0.2, 0.25) is 0 Å². The van der Waals surface area contributed by atoms with Crippen LogP contribution in [0, 0.1) is 0 Å². The summed E-state index contributed by atoms with van der Waals surface area (Å²) >= 11 is 5.88. The minimum absolute atomic E-state index is 0.501. The van der Waals surface area contributed by atoms with Crippen molar-refractivity contribution in [2.45, 2.75) is 6.54 Å². The molecule has 0 amide bonds. The van der Waals surface area contributed by atoms with Crippen molar-refractivity contribution < 1.29 is 4.52 Å². The minimum Gasteiger partial charge on any atom is -0.355 e. The Bertz CT molecular complexity index is 689. The number of hydrogen-bond acceptors (Lipinski definition) is 3. The Hall–Kier alpha value is -1.84. The van der Waals surface area contributed by atoms with Crippen molar-refractivity contribution in [1.29, 1.82) is 0 Å². The SMILES string of the molecule is NCc1ccc2noc(-c3ccc(Cl)cc3)c2c1. The third-order valence-corrected chi connectivity index (χ3v) is 3.13. The molecule has 0 saturated heterocycles. The van der Waals surface area contributed by atoms with E-state index >= 15 is 0 Å². The van der Waals surface area contributed by atoms with Gasteiger partial charge in [-0.1, -0.05) is 22.8 Å². The number of rotatable bonds is 2. The second-order valence-electron chi connectivity index (χ2n) is 4.07. The Kier molecular flexibility index (Phi) is 2.78. The van der Waals surface area contributed by atoms with E-state index in [0.717, 1.165) is 27.8 Å². The van der Waals surface area contributed by atoms with E-state index in [-0.39, 0.29) is 0 Å². The average molecular weight is 259 g/mol.